The van der Waals surface area contributed by atoms with E-state index in [0.717, 1.165) is 11.1 Å². The molecule has 0 spiro atoms. The first-order chi connectivity index (χ1) is 8.59. The van der Waals surface area contributed by atoms with Gasteiger partial charge in [-0.15, -0.1) is 0 Å². The number of Topliss-reactive ketones (excluding diaryl/α,β-unsaturated/α-hetero) is 1. The molecule has 3 heteroatoms. The summed E-state index contributed by atoms with van der Waals surface area (Å²) in [6.45, 7) is 6.09. The maximum Gasteiger partial charge on any atom is 0.169 e. The molecule has 2 aromatic rings. The minimum Gasteiger partial charge on any atom is -0.294 e. The number of benzene rings is 1. The van der Waals surface area contributed by atoms with Crippen LogP contribution in [-0.4, -0.2) is 15.8 Å². The summed E-state index contributed by atoms with van der Waals surface area (Å²) in [5.41, 5.74) is 4.94. The van der Waals surface area contributed by atoms with E-state index in [9.17, 15) is 4.79 Å². The zero-order valence-corrected chi connectivity index (χ0v) is 10.9. The largest absolute Gasteiger partial charge is 0.294 e. The van der Waals surface area contributed by atoms with Gasteiger partial charge in [-0.25, -0.2) is 0 Å². The molecule has 18 heavy (non-hydrogen) atoms. The molecule has 0 fully saturated rings. The van der Waals surface area contributed by atoms with Crippen molar-refractivity contribution in [2.45, 2.75) is 27.2 Å². The lowest BCUT2D eigenvalue weighted by Crippen LogP contribution is -2.08. The van der Waals surface area contributed by atoms with Gasteiger partial charge in [0.1, 0.15) is 0 Å². The Bertz CT molecular complexity index is 577. The van der Waals surface area contributed by atoms with E-state index >= 15 is 0 Å². The minimum absolute atomic E-state index is 0.0936. The maximum atomic E-state index is 12.2. The SMILES string of the molecule is Cc1ccc(C(=O)Cc2cnccn2)c(C)c1C. The van der Waals surface area contributed by atoms with Crippen molar-refractivity contribution in [1.29, 1.82) is 0 Å². The first kappa shape index (κ1) is 12.4. The second-order valence-corrected chi connectivity index (χ2v) is 4.48. The number of carbonyl (C=O) groups is 1. The highest BCUT2D eigenvalue weighted by atomic mass is 16.1. The summed E-state index contributed by atoms with van der Waals surface area (Å²) >= 11 is 0. The van der Waals surface area contributed by atoms with Crippen LogP contribution in [0.5, 0.6) is 0 Å². The summed E-state index contributed by atoms with van der Waals surface area (Å²) in [4.78, 5) is 20.3. The molecule has 1 heterocycles. The molecule has 0 atom stereocenters. The zero-order valence-electron chi connectivity index (χ0n) is 10.9. The normalized spacial score (nSPS) is 10.4. The highest BCUT2D eigenvalue weighted by molar-refractivity contribution is 5.98. The van der Waals surface area contributed by atoms with E-state index in [1.165, 1.54) is 11.1 Å². The van der Waals surface area contributed by atoms with E-state index in [-0.39, 0.29) is 5.78 Å². The van der Waals surface area contributed by atoms with Crippen LogP contribution in [0.3, 0.4) is 0 Å². The van der Waals surface area contributed by atoms with Crippen LogP contribution in [0.2, 0.25) is 0 Å². The highest BCUT2D eigenvalue weighted by Gasteiger charge is 2.12. The monoisotopic (exact) mass is 240 g/mol. The van der Waals surface area contributed by atoms with Crippen molar-refractivity contribution in [3.8, 4) is 0 Å². The van der Waals surface area contributed by atoms with Crippen LogP contribution in [0, 0.1) is 20.8 Å². The second kappa shape index (κ2) is 5.08. The molecule has 0 amide bonds. The zero-order chi connectivity index (χ0) is 13.1. The van der Waals surface area contributed by atoms with Crippen molar-refractivity contribution in [3.63, 3.8) is 0 Å². The van der Waals surface area contributed by atoms with Crippen molar-refractivity contribution in [2.75, 3.05) is 0 Å². The lowest BCUT2D eigenvalue weighted by molar-refractivity contribution is 0.0991. The average molecular weight is 240 g/mol. The molecule has 0 aliphatic rings. The fourth-order valence-electron chi connectivity index (χ4n) is 1.94. The van der Waals surface area contributed by atoms with Crippen molar-refractivity contribution in [3.05, 3.63) is 58.7 Å². The quantitative estimate of drug-likeness (QED) is 0.775. The van der Waals surface area contributed by atoms with Crippen LogP contribution in [0.4, 0.5) is 0 Å². The van der Waals surface area contributed by atoms with Crippen molar-refractivity contribution in [1.82, 2.24) is 9.97 Å². The molecule has 3 nitrogen and oxygen atoms in total. The first-order valence-electron chi connectivity index (χ1n) is 5.94. The molecule has 92 valence electrons. The van der Waals surface area contributed by atoms with Gasteiger partial charge in [0.2, 0.25) is 0 Å². The van der Waals surface area contributed by atoms with Gasteiger partial charge in [0, 0.05) is 24.2 Å². The van der Waals surface area contributed by atoms with Crippen molar-refractivity contribution < 1.29 is 4.79 Å². The van der Waals surface area contributed by atoms with Gasteiger partial charge in [0.15, 0.2) is 5.78 Å². The molecule has 1 aromatic carbocycles. The molecule has 2 rings (SSSR count). The van der Waals surface area contributed by atoms with Crippen LogP contribution in [0.25, 0.3) is 0 Å². The fourth-order valence-corrected chi connectivity index (χ4v) is 1.94. The molecule has 0 aliphatic heterocycles. The summed E-state index contributed by atoms with van der Waals surface area (Å²) < 4.78 is 0. The van der Waals surface area contributed by atoms with E-state index in [0.29, 0.717) is 12.1 Å². The van der Waals surface area contributed by atoms with Gasteiger partial charge in [-0.2, -0.15) is 0 Å². The van der Waals surface area contributed by atoms with Gasteiger partial charge in [-0.1, -0.05) is 12.1 Å². The van der Waals surface area contributed by atoms with Gasteiger partial charge in [-0.05, 0) is 37.5 Å². The van der Waals surface area contributed by atoms with Gasteiger partial charge < -0.3 is 0 Å². The van der Waals surface area contributed by atoms with Gasteiger partial charge in [0.25, 0.3) is 0 Å². The van der Waals surface area contributed by atoms with Crippen LogP contribution in [0.15, 0.2) is 30.7 Å². The lowest BCUT2D eigenvalue weighted by Gasteiger charge is -2.10. The van der Waals surface area contributed by atoms with E-state index < -0.39 is 0 Å². The number of ketones is 1. The van der Waals surface area contributed by atoms with Crippen LogP contribution in [0.1, 0.15) is 32.7 Å². The standard InChI is InChI=1S/C15H16N2O/c1-10-4-5-14(12(3)11(10)2)15(18)8-13-9-16-6-7-17-13/h4-7,9H,8H2,1-3H3. The molecule has 1 aromatic heterocycles. The molecule has 0 saturated heterocycles. The van der Waals surface area contributed by atoms with E-state index in [2.05, 4.69) is 16.9 Å². The van der Waals surface area contributed by atoms with Crippen LogP contribution < -0.4 is 0 Å². The summed E-state index contributed by atoms with van der Waals surface area (Å²) in [5.74, 6) is 0.0936. The molecule has 0 bridgehead atoms. The Morgan fingerprint density at radius 2 is 1.89 bits per heavy atom. The number of nitrogens with zero attached hydrogens (tertiary/aromatic N) is 2. The van der Waals surface area contributed by atoms with Crippen molar-refractivity contribution in [2.24, 2.45) is 0 Å². The fraction of sp³-hybridized carbons (Fsp3) is 0.267. The predicted molar refractivity (Wildman–Crippen MR) is 70.7 cm³/mol. The van der Waals surface area contributed by atoms with Gasteiger partial charge in [-0.3, -0.25) is 14.8 Å². The van der Waals surface area contributed by atoms with Crippen LogP contribution >= 0.6 is 0 Å². The van der Waals surface area contributed by atoms with Gasteiger partial charge >= 0.3 is 0 Å². The van der Waals surface area contributed by atoms with Gasteiger partial charge in [0.05, 0.1) is 12.1 Å². The molecule has 0 N–H and O–H groups in total. The number of aryl methyl sites for hydroxylation is 1. The Morgan fingerprint density at radius 3 is 2.56 bits per heavy atom. The Hall–Kier alpha value is -2.03. The maximum absolute atomic E-state index is 12.2. The number of carbonyl (C=O) groups excluding carboxylic acids is 1. The third-order valence-electron chi connectivity index (χ3n) is 3.32. The summed E-state index contributed by atoms with van der Waals surface area (Å²) in [6.07, 6.45) is 5.15. The first-order valence-corrected chi connectivity index (χ1v) is 5.94. The third kappa shape index (κ3) is 2.45. The Labute approximate surface area is 107 Å². The summed E-state index contributed by atoms with van der Waals surface area (Å²) in [7, 11) is 0. The summed E-state index contributed by atoms with van der Waals surface area (Å²) in [6, 6.07) is 3.89. The molecule has 0 saturated carbocycles. The third-order valence-corrected chi connectivity index (χ3v) is 3.32. The highest BCUT2D eigenvalue weighted by Crippen LogP contribution is 2.18. The number of hydrogen-bond acceptors (Lipinski definition) is 3. The Morgan fingerprint density at radius 1 is 1.11 bits per heavy atom. The number of rotatable bonds is 3. The smallest absolute Gasteiger partial charge is 0.169 e. The lowest BCUT2D eigenvalue weighted by atomic mass is 9.95. The minimum atomic E-state index is 0.0936. The molecule has 0 radical (unpaired) electrons. The molecule has 0 unspecified atom stereocenters. The predicted octanol–water partition coefficient (Wildman–Crippen LogP) is 2.83. The number of hydrogen-bond donors (Lipinski definition) is 0. The second-order valence-electron chi connectivity index (χ2n) is 4.48. The van der Waals surface area contributed by atoms with Crippen LogP contribution in [-0.2, 0) is 6.42 Å². The van der Waals surface area contributed by atoms with E-state index in [4.69, 9.17) is 0 Å². The van der Waals surface area contributed by atoms with Crippen molar-refractivity contribution >= 4 is 5.78 Å². The summed E-state index contributed by atoms with van der Waals surface area (Å²) in [5, 5.41) is 0. The molecular weight excluding hydrogens is 224 g/mol. The molecular formula is C15H16N2O. The average Bonchev–Trinajstić information content (AvgIpc) is 2.37. The topological polar surface area (TPSA) is 42.9 Å². The van der Waals surface area contributed by atoms with E-state index in [1.54, 1.807) is 18.6 Å². The Kier molecular flexibility index (Phi) is 3.51. The Balaban J connectivity index is 2.28. The van der Waals surface area contributed by atoms with E-state index in [1.807, 2.05) is 26.0 Å². The number of aromatic nitrogens is 2. The molecule has 0 aliphatic carbocycles.